The van der Waals surface area contributed by atoms with E-state index in [2.05, 4.69) is 15.5 Å². The first kappa shape index (κ1) is 16.9. The fourth-order valence-electron chi connectivity index (χ4n) is 2.41. The van der Waals surface area contributed by atoms with Crippen molar-refractivity contribution in [3.63, 3.8) is 0 Å². The van der Waals surface area contributed by atoms with Crippen molar-refractivity contribution < 1.29 is 14.3 Å². The van der Waals surface area contributed by atoms with Gasteiger partial charge in [-0.1, -0.05) is 17.8 Å². The van der Waals surface area contributed by atoms with Crippen LogP contribution in [0.5, 0.6) is 11.5 Å². The summed E-state index contributed by atoms with van der Waals surface area (Å²) in [5.41, 5.74) is 1.52. The van der Waals surface area contributed by atoms with Gasteiger partial charge >= 0.3 is 0 Å². The molecule has 0 atom stereocenters. The molecule has 3 aromatic rings. The van der Waals surface area contributed by atoms with E-state index < -0.39 is 0 Å². The number of anilines is 1. The summed E-state index contributed by atoms with van der Waals surface area (Å²) in [7, 11) is 0. The minimum absolute atomic E-state index is 0.115. The first-order valence-corrected chi connectivity index (χ1v) is 9.84. The highest BCUT2D eigenvalue weighted by atomic mass is 32.2. The van der Waals surface area contributed by atoms with E-state index in [1.807, 2.05) is 29.6 Å². The molecule has 1 N–H and O–H groups in total. The minimum atomic E-state index is -0.115. The molecule has 0 radical (unpaired) electrons. The number of nitrogens with zero attached hydrogens (tertiary/aromatic N) is 2. The number of thioether (sulfide) groups is 1. The van der Waals surface area contributed by atoms with Crippen LogP contribution in [0.2, 0.25) is 0 Å². The van der Waals surface area contributed by atoms with Crippen LogP contribution in [-0.2, 0) is 4.79 Å². The molecule has 0 saturated heterocycles. The lowest BCUT2D eigenvalue weighted by Gasteiger charge is -2.18. The molecule has 1 aliphatic heterocycles. The molecular weight excluding hydrogens is 370 g/mol. The van der Waals surface area contributed by atoms with E-state index in [4.69, 9.17) is 9.47 Å². The smallest absolute Gasteiger partial charge is 0.234 e. The van der Waals surface area contributed by atoms with Crippen LogP contribution in [0.3, 0.4) is 0 Å². The van der Waals surface area contributed by atoms with E-state index in [0.717, 1.165) is 10.6 Å². The zero-order chi connectivity index (χ0) is 17.8. The van der Waals surface area contributed by atoms with E-state index >= 15 is 0 Å². The first-order chi connectivity index (χ1) is 12.8. The fraction of sp³-hybridized carbons (Fsp3) is 0.167. The molecule has 6 nitrogen and oxygen atoms in total. The van der Waals surface area contributed by atoms with E-state index in [1.54, 1.807) is 29.5 Å². The number of amides is 1. The van der Waals surface area contributed by atoms with Crippen molar-refractivity contribution in [2.75, 3.05) is 24.3 Å². The molecule has 2 aromatic heterocycles. The number of hydrogen-bond donors (Lipinski definition) is 1. The third-order valence-electron chi connectivity index (χ3n) is 3.59. The number of rotatable bonds is 5. The maximum absolute atomic E-state index is 12.2. The Morgan fingerprint density at radius 3 is 2.77 bits per heavy atom. The van der Waals surface area contributed by atoms with Crippen molar-refractivity contribution in [2.24, 2.45) is 0 Å². The highest BCUT2D eigenvalue weighted by Crippen LogP contribution is 2.32. The largest absolute Gasteiger partial charge is 0.486 e. The Balaban J connectivity index is 1.32. The number of carbonyl (C=O) groups is 1. The van der Waals surface area contributed by atoms with Gasteiger partial charge in [-0.2, -0.15) is 0 Å². The molecule has 132 valence electrons. The Kier molecular flexibility index (Phi) is 5.03. The van der Waals surface area contributed by atoms with Gasteiger partial charge in [0.1, 0.15) is 23.9 Å². The fourth-order valence-corrected chi connectivity index (χ4v) is 3.71. The van der Waals surface area contributed by atoms with Crippen molar-refractivity contribution in [2.45, 2.75) is 5.03 Å². The molecule has 0 aliphatic carbocycles. The van der Waals surface area contributed by atoms with Gasteiger partial charge in [0.15, 0.2) is 11.5 Å². The third kappa shape index (κ3) is 3.97. The number of fused-ring (bicyclic) bond motifs is 1. The van der Waals surface area contributed by atoms with Crippen LogP contribution in [0.1, 0.15) is 0 Å². The lowest BCUT2D eigenvalue weighted by molar-refractivity contribution is -0.113. The summed E-state index contributed by atoms with van der Waals surface area (Å²) in [5, 5.41) is 14.0. The molecule has 3 heterocycles. The van der Waals surface area contributed by atoms with Crippen LogP contribution < -0.4 is 14.8 Å². The molecule has 0 fully saturated rings. The molecule has 0 unspecified atom stereocenters. The monoisotopic (exact) mass is 385 g/mol. The summed E-state index contributed by atoms with van der Waals surface area (Å²) < 4.78 is 11.0. The van der Waals surface area contributed by atoms with Crippen LogP contribution in [0.25, 0.3) is 10.6 Å². The van der Waals surface area contributed by atoms with Crippen LogP contribution in [0.4, 0.5) is 5.69 Å². The van der Waals surface area contributed by atoms with Gasteiger partial charge in [-0.25, -0.2) is 0 Å². The van der Waals surface area contributed by atoms with E-state index in [9.17, 15) is 4.79 Å². The topological polar surface area (TPSA) is 73.3 Å². The van der Waals surface area contributed by atoms with Gasteiger partial charge in [0.05, 0.1) is 10.6 Å². The average molecular weight is 385 g/mol. The number of nitrogens with one attached hydrogen (secondary N) is 1. The molecule has 0 saturated carbocycles. The van der Waals surface area contributed by atoms with Gasteiger partial charge in [0.2, 0.25) is 5.91 Å². The first-order valence-electron chi connectivity index (χ1n) is 7.98. The third-order valence-corrected chi connectivity index (χ3v) is 5.40. The van der Waals surface area contributed by atoms with Gasteiger partial charge in [-0.05, 0) is 35.7 Å². The highest BCUT2D eigenvalue weighted by Gasteiger charge is 2.13. The molecular formula is C18H15N3O3S2. The van der Waals surface area contributed by atoms with Crippen molar-refractivity contribution in [1.29, 1.82) is 0 Å². The Morgan fingerprint density at radius 2 is 2.00 bits per heavy atom. The summed E-state index contributed by atoms with van der Waals surface area (Å²) >= 11 is 2.96. The van der Waals surface area contributed by atoms with Crippen LogP contribution >= 0.6 is 23.1 Å². The van der Waals surface area contributed by atoms with Crippen molar-refractivity contribution in [3.05, 3.63) is 47.8 Å². The summed E-state index contributed by atoms with van der Waals surface area (Å²) in [6.07, 6.45) is 0. The number of aromatic nitrogens is 2. The number of hydrogen-bond acceptors (Lipinski definition) is 7. The van der Waals surface area contributed by atoms with Crippen LogP contribution in [0, 0.1) is 0 Å². The van der Waals surface area contributed by atoms with Gasteiger partial charge in [0, 0.05) is 11.8 Å². The van der Waals surface area contributed by atoms with Crippen molar-refractivity contribution in [3.8, 4) is 22.1 Å². The second kappa shape index (κ2) is 7.76. The number of ether oxygens (including phenoxy) is 2. The molecule has 26 heavy (non-hydrogen) atoms. The van der Waals surface area contributed by atoms with Gasteiger partial charge in [-0.15, -0.1) is 21.5 Å². The second-order valence-electron chi connectivity index (χ2n) is 5.43. The summed E-state index contributed by atoms with van der Waals surface area (Å²) in [6, 6.07) is 13.1. The van der Waals surface area contributed by atoms with Gasteiger partial charge in [0.25, 0.3) is 0 Å². The van der Waals surface area contributed by atoms with E-state index in [0.29, 0.717) is 35.4 Å². The summed E-state index contributed by atoms with van der Waals surface area (Å²) in [4.78, 5) is 13.2. The van der Waals surface area contributed by atoms with Gasteiger partial charge < -0.3 is 14.8 Å². The maximum Gasteiger partial charge on any atom is 0.234 e. The molecule has 1 amide bonds. The SMILES string of the molecule is O=C(CSc1ccc(-c2cccs2)nn1)Nc1ccc2c(c1)OCCO2. The Labute approximate surface area is 158 Å². The van der Waals surface area contributed by atoms with Crippen molar-refractivity contribution >= 4 is 34.7 Å². The molecule has 8 heteroatoms. The predicted octanol–water partition coefficient (Wildman–Crippen LogP) is 3.71. The Bertz CT molecular complexity index is 899. The summed E-state index contributed by atoms with van der Waals surface area (Å²) in [5.74, 6) is 1.49. The standard InChI is InChI=1S/C18H15N3O3S2/c22-17(19-12-3-5-14-15(10-12)24-8-7-23-14)11-26-18-6-4-13(20-21-18)16-2-1-9-25-16/h1-6,9-10H,7-8,11H2,(H,19,22). The number of benzene rings is 1. The second-order valence-corrected chi connectivity index (χ2v) is 7.37. The van der Waals surface area contributed by atoms with Crippen molar-refractivity contribution in [1.82, 2.24) is 10.2 Å². The zero-order valence-corrected chi connectivity index (χ0v) is 15.3. The quantitative estimate of drug-likeness (QED) is 0.675. The Hall–Kier alpha value is -2.58. The highest BCUT2D eigenvalue weighted by molar-refractivity contribution is 7.99. The lowest BCUT2D eigenvalue weighted by Crippen LogP contribution is -2.17. The zero-order valence-electron chi connectivity index (χ0n) is 13.7. The molecule has 1 aromatic carbocycles. The van der Waals surface area contributed by atoms with Crippen LogP contribution in [-0.4, -0.2) is 35.1 Å². The minimum Gasteiger partial charge on any atom is -0.486 e. The number of thiophene rings is 1. The van der Waals surface area contributed by atoms with Crippen LogP contribution in [0.15, 0.2) is 52.9 Å². The molecule has 1 aliphatic rings. The number of carbonyl (C=O) groups excluding carboxylic acids is 1. The average Bonchev–Trinajstić information content (AvgIpc) is 3.21. The van der Waals surface area contributed by atoms with E-state index in [1.165, 1.54) is 11.8 Å². The normalized spacial score (nSPS) is 12.6. The molecule has 4 rings (SSSR count). The summed E-state index contributed by atoms with van der Waals surface area (Å²) in [6.45, 7) is 1.06. The predicted molar refractivity (Wildman–Crippen MR) is 102 cm³/mol. The maximum atomic E-state index is 12.2. The van der Waals surface area contributed by atoms with E-state index in [-0.39, 0.29) is 11.7 Å². The lowest BCUT2D eigenvalue weighted by atomic mass is 10.2. The molecule has 0 bridgehead atoms. The molecule has 0 spiro atoms. The Morgan fingerprint density at radius 1 is 1.12 bits per heavy atom. The van der Waals surface area contributed by atoms with Gasteiger partial charge in [-0.3, -0.25) is 4.79 Å².